The van der Waals surface area contributed by atoms with Gasteiger partial charge in [0.25, 0.3) is 0 Å². The third-order valence-electron chi connectivity index (χ3n) is 5.41. The van der Waals surface area contributed by atoms with Gasteiger partial charge in [0.1, 0.15) is 5.92 Å². The van der Waals surface area contributed by atoms with Crippen molar-refractivity contribution in [1.29, 1.82) is 10.7 Å². The van der Waals surface area contributed by atoms with E-state index in [0.717, 1.165) is 4.68 Å². The lowest BCUT2D eigenvalue weighted by Crippen LogP contribution is -2.32. The summed E-state index contributed by atoms with van der Waals surface area (Å²) in [6.07, 6.45) is -4.98. The van der Waals surface area contributed by atoms with Crippen molar-refractivity contribution in [3.05, 3.63) is 65.4 Å². The second-order valence-corrected chi connectivity index (χ2v) is 8.17. The van der Waals surface area contributed by atoms with E-state index in [-0.39, 0.29) is 17.5 Å². The number of nitriles is 1. The Morgan fingerprint density at radius 3 is 2.49 bits per heavy atom. The van der Waals surface area contributed by atoms with Gasteiger partial charge in [0.15, 0.2) is 17.2 Å². The van der Waals surface area contributed by atoms with Crippen molar-refractivity contribution < 1.29 is 27.4 Å². The van der Waals surface area contributed by atoms with Crippen LogP contribution in [0.5, 0.6) is 17.4 Å². The molecule has 4 rings (SSSR count). The second kappa shape index (κ2) is 9.33. The van der Waals surface area contributed by atoms with Crippen LogP contribution in [0.25, 0.3) is 5.69 Å². The minimum atomic E-state index is -4.82. The van der Waals surface area contributed by atoms with Crippen molar-refractivity contribution >= 4 is 5.90 Å². The van der Waals surface area contributed by atoms with Crippen LogP contribution in [0.1, 0.15) is 43.5 Å². The van der Waals surface area contributed by atoms with E-state index in [2.05, 4.69) is 5.10 Å². The van der Waals surface area contributed by atoms with Crippen LogP contribution in [0, 0.1) is 22.7 Å². The van der Waals surface area contributed by atoms with Gasteiger partial charge < -0.3 is 14.2 Å². The first-order valence-electron chi connectivity index (χ1n) is 11.0. The first kappa shape index (κ1) is 24.1. The van der Waals surface area contributed by atoms with Crippen molar-refractivity contribution in [2.45, 2.75) is 39.0 Å². The molecule has 0 fully saturated rings. The summed E-state index contributed by atoms with van der Waals surface area (Å²) in [5.41, 5.74) is -0.793. The lowest BCUT2D eigenvalue weighted by atomic mass is 9.79. The molecular formula is C25H23F3N4O3. The summed E-state index contributed by atoms with van der Waals surface area (Å²) in [5.74, 6) is -2.42. The van der Waals surface area contributed by atoms with Crippen LogP contribution in [0.2, 0.25) is 0 Å². The molecule has 0 aliphatic carbocycles. The van der Waals surface area contributed by atoms with Gasteiger partial charge in [-0.2, -0.15) is 28.2 Å². The molecule has 3 aromatic rings. The summed E-state index contributed by atoms with van der Waals surface area (Å²) < 4.78 is 60.6. The zero-order valence-electron chi connectivity index (χ0n) is 19.3. The highest BCUT2D eigenvalue weighted by atomic mass is 19.4. The molecule has 1 N–H and O–H groups in total. The summed E-state index contributed by atoms with van der Waals surface area (Å²) in [4.78, 5) is 0. The van der Waals surface area contributed by atoms with E-state index in [9.17, 15) is 18.4 Å². The van der Waals surface area contributed by atoms with Gasteiger partial charge in [-0.25, -0.2) is 0 Å². The number of halogens is 3. The Balaban J connectivity index is 1.97. The molecule has 35 heavy (non-hydrogen) atoms. The molecule has 2 unspecified atom stereocenters. The van der Waals surface area contributed by atoms with E-state index in [1.165, 1.54) is 0 Å². The molecule has 0 spiro atoms. The van der Waals surface area contributed by atoms with E-state index >= 15 is 0 Å². The summed E-state index contributed by atoms with van der Waals surface area (Å²) >= 11 is 0. The molecule has 1 aliphatic heterocycles. The molecule has 10 heteroatoms. The fraction of sp³-hybridized carbons (Fsp3) is 0.320. The van der Waals surface area contributed by atoms with Gasteiger partial charge in [-0.05, 0) is 50.6 Å². The summed E-state index contributed by atoms with van der Waals surface area (Å²) in [6.45, 7) is 5.76. The number of nitrogens with zero attached hydrogens (tertiary/aromatic N) is 3. The fourth-order valence-electron chi connectivity index (χ4n) is 4.06. The molecule has 1 aliphatic rings. The zero-order valence-corrected chi connectivity index (χ0v) is 19.3. The minimum absolute atomic E-state index is 0.157. The molecule has 0 saturated heterocycles. The number of benzene rings is 2. The van der Waals surface area contributed by atoms with E-state index in [1.54, 1.807) is 55.5 Å². The number of hydrogen-bond acceptors (Lipinski definition) is 6. The molecule has 2 atom stereocenters. The highest BCUT2D eigenvalue weighted by Crippen LogP contribution is 2.49. The Bertz CT molecular complexity index is 1280. The van der Waals surface area contributed by atoms with Crippen molar-refractivity contribution in [3.8, 4) is 29.1 Å². The average Bonchev–Trinajstić information content (AvgIpc) is 3.19. The second-order valence-electron chi connectivity index (χ2n) is 8.17. The van der Waals surface area contributed by atoms with E-state index in [4.69, 9.17) is 19.6 Å². The number of fused-ring (bicyclic) bond motifs is 1. The third kappa shape index (κ3) is 4.54. The quantitative estimate of drug-likeness (QED) is 0.483. The zero-order chi connectivity index (χ0) is 25.3. The number of ether oxygens (including phenoxy) is 3. The maximum absolute atomic E-state index is 14.2. The monoisotopic (exact) mass is 484 g/mol. The van der Waals surface area contributed by atoms with Crippen molar-refractivity contribution in [2.75, 3.05) is 6.61 Å². The highest BCUT2D eigenvalue weighted by Gasteiger charge is 2.49. The Morgan fingerprint density at radius 1 is 1.17 bits per heavy atom. The molecular weight excluding hydrogens is 461 g/mol. The molecule has 0 amide bonds. The third-order valence-corrected chi connectivity index (χ3v) is 5.41. The van der Waals surface area contributed by atoms with E-state index < -0.39 is 29.6 Å². The molecule has 0 saturated carbocycles. The normalized spacial score (nSPS) is 17.5. The molecule has 2 heterocycles. The SMILES string of the molecule is CCOc1cc(C2c3c(C(F)(F)F)nn(-c4ccccc4)c3OC(=N)C2C#N)ccc1OC(C)C. The Kier molecular flexibility index (Phi) is 6.43. The summed E-state index contributed by atoms with van der Waals surface area (Å²) in [7, 11) is 0. The number of para-hydroxylation sites is 1. The first-order valence-corrected chi connectivity index (χ1v) is 11.0. The Labute approximate surface area is 200 Å². The van der Waals surface area contributed by atoms with E-state index in [0.29, 0.717) is 29.4 Å². The smallest absolute Gasteiger partial charge is 0.435 e. The summed E-state index contributed by atoms with van der Waals surface area (Å²) in [5, 5.41) is 22.0. The average molecular weight is 484 g/mol. The van der Waals surface area contributed by atoms with Gasteiger partial charge in [0.2, 0.25) is 11.8 Å². The van der Waals surface area contributed by atoms with Crippen molar-refractivity contribution in [2.24, 2.45) is 5.92 Å². The number of aromatic nitrogens is 2. The summed E-state index contributed by atoms with van der Waals surface area (Å²) in [6, 6.07) is 14.9. The fourth-order valence-corrected chi connectivity index (χ4v) is 4.06. The number of rotatable bonds is 6. The maximum atomic E-state index is 14.2. The molecule has 182 valence electrons. The minimum Gasteiger partial charge on any atom is -0.490 e. The lowest BCUT2D eigenvalue weighted by molar-refractivity contribution is -0.142. The first-order chi connectivity index (χ1) is 16.7. The standard InChI is InChI=1S/C25H23F3N4O3/c1-4-33-19-12-15(10-11-18(19)34-14(2)3)20-17(13-29)23(30)35-24-21(20)22(25(26,27)28)31-32(24)16-8-6-5-7-9-16/h5-12,14,17,20,30H,4H2,1-3H3. The molecule has 7 nitrogen and oxygen atoms in total. The maximum Gasteiger partial charge on any atom is 0.435 e. The van der Waals surface area contributed by atoms with Crippen molar-refractivity contribution in [1.82, 2.24) is 9.78 Å². The van der Waals surface area contributed by atoms with Crippen LogP contribution in [0.3, 0.4) is 0 Å². The topological polar surface area (TPSA) is 93.2 Å². The molecule has 0 radical (unpaired) electrons. The number of alkyl halides is 3. The molecule has 2 aromatic carbocycles. The van der Waals surface area contributed by atoms with Crippen LogP contribution in [-0.2, 0) is 6.18 Å². The van der Waals surface area contributed by atoms with E-state index in [1.807, 2.05) is 19.9 Å². The van der Waals surface area contributed by atoms with Crippen LogP contribution in [-0.4, -0.2) is 28.4 Å². The van der Waals surface area contributed by atoms with Crippen molar-refractivity contribution in [3.63, 3.8) is 0 Å². The van der Waals surface area contributed by atoms with Crippen LogP contribution >= 0.6 is 0 Å². The van der Waals surface area contributed by atoms with Crippen LogP contribution < -0.4 is 14.2 Å². The van der Waals surface area contributed by atoms with Gasteiger partial charge in [-0.15, -0.1) is 0 Å². The molecule has 0 bridgehead atoms. The molecule has 1 aromatic heterocycles. The lowest BCUT2D eigenvalue weighted by Gasteiger charge is -2.29. The largest absolute Gasteiger partial charge is 0.490 e. The van der Waals surface area contributed by atoms with Crippen LogP contribution in [0.4, 0.5) is 13.2 Å². The Morgan fingerprint density at radius 2 is 1.89 bits per heavy atom. The predicted octanol–water partition coefficient (Wildman–Crippen LogP) is 5.72. The Hall–Kier alpha value is -4.00. The predicted molar refractivity (Wildman–Crippen MR) is 121 cm³/mol. The van der Waals surface area contributed by atoms with Gasteiger partial charge in [0, 0.05) is 5.92 Å². The number of nitrogens with one attached hydrogen (secondary N) is 1. The van der Waals surface area contributed by atoms with Gasteiger partial charge in [-0.1, -0.05) is 24.3 Å². The van der Waals surface area contributed by atoms with Gasteiger partial charge in [0.05, 0.1) is 30.0 Å². The highest BCUT2D eigenvalue weighted by molar-refractivity contribution is 5.85. The van der Waals surface area contributed by atoms with Gasteiger partial charge in [-0.3, -0.25) is 5.41 Å². The number of hydrogen-bond donors (Lipinski definition) is 1. The van der Waals surface area contributed by atoms with Crippen LogP contribution in [0.15, 0.2) is 48.5 Å². The van der Waals surface area contributed by atoms with Gasteiger partial charge >= 0.3 is 6.18 Å².